The Kier molecular flexibility index (Phi) is 6.12. The molecule has 2 aromatic rings. The average Bonchev–Trinajstić information content (AvgIpc) is 3.11. The van der Waals surface area contributed by atoms with Crippen LogP contribution in [0.25, 0.3) is 0 Å². The fourth-order valence-electron chi connectivity index (χ4n) is 5.04. The van der Waals surface area contributed by atoms with E-state index in [-0.39, 0.29) is 36.1 Å². The molecule has 3 aliphatic rings. The van der Waals surface area contributed by atoms with Crippen LogP contribution in [0.3, 0.4) is 0 Å². The molecule has 3 heterocycles. The number of hydrogen-bond donors (Lipinski definition) is 1. The Morgan fingerprint density at radius 2 is 1.96 bits per heavy atom. The molecule has 8 heteroatoms. The van der Waals surface area contributed by atoms with Gasteiger partial charge < -0.3 is 10.2 Å². The van der Waals surface area contributed by atoms with Crippen LogP contribution in [-0.2, 0) is 5.41 Å². The van der Waals surface area contributed by atoms with Crippen molar-refractivity contribution in [3.05, 3.63) is 46.4 Å². The maximum absolute atomic E-state index is 14.4. The number of anilines is 2. The minimum atomic E-state index is -0.984. The molecule has 1 saturated heterocycles. The number of piperidine rings is 1. The highest BCUT2D eigenvalue weighted by atomic mass is 35.5. The summed E-state index contributed by atoms with van der Waals surface area (Å²) in [5, 5.41) is 4.24. The normalized spacial score (nSPS) is 24.3. The summed E-state index contributed by atoms with van der Waals surface area (Å²) in [5.41, 5.74) is 4.10. The van der Waals surface area contributed by atoms with E-state index in [2.05, 4.69) is 39.2 Å². The van der Waals surface area contributed by atoms with Gasteiger partial charge in [0.1, 0.15) is 18.3 Å². The van der Waals surface area contributed by atoms with E-state index in [1.54, 1.807) is 0 Å². The van der Waals surface area contributed by atoms with Crippen LogP contribution in [0.2, 0.25) is 5.02 Å². The minimum Gasteiger partial charge on any atom is -0.325 e. The van der Waals surface area contributed by atoms with Crippen molar-refractivity contribution in [2.24, 2.45) is 0 Å². The maximum Gasteiger partial charge on any atom is 0.143 e. The summed E-state index contributed by atoms with van der Waals surface area (Å²) in [7, 11) is 0. The van der Waals surface area contributed by atoms with Gasteiger partial charge in [0, 0.05) is 28.2 Å². The van der Waals surface area contributed by atoms with Crippen LogP contribution in [0, 0.1) is 0 Å². The van der Waals surface area contributed by atoms with Gasteiger partial charge in [-0.2, -0.15) is 0 Å². The third-order valence-corrected chi connectivity index (χ3v) is 6.58. The number of halogens is 4. The molecule has 1 aromatic carbocycles. The van der Waals surface area contributed by atoms with E-state index in [4.69, 9.17) is 11.6 Å². The van der Waals surface area contributed by atoms with Gasteiger partial charge in [-0.15, -0.1) is 24.8 Å². The summed E-state index contributed by atoms with van der Waals surface area (Å²) in [6.07, 6.45) is 3.18. The van der Waals surface area contributed by atoms with E-state index in [0.717, 1.165) is 54.6 Å². The maximum atomic E-state index is 14.4. The van der Waals surface area contributed by atoms with E-state index in [0.29, 0.717) is 12.1 Å². The summed E-state index contributed by atoms with van der Waals surface area (Å²) in [4.78, 5) is 11.2. The van der Waals surface area contributed by atoms with Gasteiger partial charge in [0.05, 0.1) is 5.69 Å². The van der Waals surface area contributed by atoms with Crippen molar-refractivity contribution in [3.8, 4) is 0 Å². The zero-order valence-corrected chi connectivity index (χ0v) is 18.0. The van der Waals surface area contributed by atoms with Gasteiger partial charge in [0.2, 0.25) is 0 Å². The second kappa shape index (κ2) is 7.94. The Balaban J connectivity index is 0.00000112. The first-order valence-electron chi connectivity index (χ1n) is 9.36. The topological polar surface area (TPSA) is 41.1 Å². The Morgan fingerprint density at radius 3 is 2.71 bits per heavy atom. The molecule has 4 nitrogen and oxygen atoms in total. The molecule has 1 aromatic heterocycles. The number of nitrogens with zero attached hydrogens (tertiary/aromatic N) is 3. The summed E-state index contributed by atoms with van der Waals surface area (Å²) < 4.78 is 14.4. The fourth-order valence-corrected chi connectivity index (χ4v) is 5.21. The summed E-state index contributed by atoms with van der Waals surface area (Å²) in [5.74, 6) is 1.01. The number of benzene rings is 1. The van der Waals surface area contributed by atoms with Gasteiger partial charge in [0.15, 0.2) is 0 Å². The Morgan fingerprint density at radius 1 is 1.21 bits per heavy atom. The molecule has 0 saturated carbocycles. The second-order valence-corrected chi connectivity index (χ2v) is 8.31. The van der Waals surface area contributed by atoms with E-state index < -0.39 is 6.17 Å². The van der Waals surface area contributed by atoms with Gasteiger partial charge in [-0.1, -0.05) is 18.5 Å². The molecule has 0 radical (unpaired) electrons. The molecule has 0 unspecified atom stereocenters. The predicted molar refractivity (Wildman–Crippen MR) is 116 cm³/mol. The van der Waals surface area contributed by atoms with Crippen molar-refractivity contribution < 1.29 is 4.39 Å². The SMILES string of the molecule is C[C@@H]1C[C@H](F)c2ncnc(N3CC4(CCNCC4)c4cc(Cl)ccc43)c21.Cl.Cl. The van der Waals surface area contributed by atoms with Crippen LogP contribution in [-0.4, -0.2) is 29.6 Å². The molecule has 152 valence electrons. The summed E-state index contributed by atoms with van der Waals surface area (Å²) in [6, 6.07) is 6.15. The molecule has 1 fully saturated rings. The number of hydrogen-bond acceptors (Lipinski definition) is 4. The van der Waals surface area contributed by atoms with Crippen molar-refractivity contribution in [2.75, 3.05) is 24.5 Å². The first kappa shape index (κ1) is 21.6. The van der Waals surface area contributed by atoms with Crippen molar-refractivity contribution in [1.82, 2.24) is 15.3 Å². The number of fused-ring (bicyclic) bond motifs is 3. The van der Waals surface area contributed by atoms with Crippen LogP contribution in [0.5, 0.6) is 0 Å². The molecule has 2 aliphatic heterocycles. The average molecular weight is 446 g/mol. The van der Waals surface area contributed by atoms with Crippen LogP contribution >= 0.6 is 36.4 Å². The third kappa shape index (κ3) is 3.17. The van der Waals surface area contributed by atoms with Crippen LogP contribution in [0.4, 0.5) is 15.9 Å². The highest BCUT2D eigenvalue weighted by Gasteiger charge is 2.46. The lowest BCUT2D eigenvalue weighted by Gasteiger charge is -2.35. The molecule has 28 heavy (non-hydrogen) atoms. The largest absolute Gasteiger partial charge is 0.325 e. The molecule has 2 atom stereocenters. The van der Waals surface area contributed by atoms with E-state index in [9.17, 15) is 4.39 Å². The molecular formula is C20H24Cl3FN4. The van der Waals surface area contributed by atoms with Gasteiger partial charge in [0.25, 0.3) is 0 Å². The molecule has 1 aliphatic carbocycles. The number of nitrogens with one attached hydrogen (secondary N) is 1. The summed E-state index contributed by atoms with van der Waals surface area (Å²) >= 11 is 6.35. The molecule has 1 spiro atoms. The predicted octanol–water partition coefficient (Wildman–Crippen LogP) is 5.26. The lowest BCUT2D eigenvalue weighted by Crippen LogP contribution is -2.42. The number of aromatic nitrogens is 2. The monoisotopic (exact) mass is 444 g/mol. The molecule has 5 rings (SSSR count). The van der Waals surface area contributed by atoms with Gasteiger partial charge in [-0.3, -0.25) is 0 Å². The van der Waals surface area contributed by atoms with Gasteiger partial charge >= 0.3 is 0 Å². The fraction of sp³-hybridized carbons (Fsp3) is 0.500. The van der Waals surface area contributed by atoms with Gasteiger partial charge in [-0.05, 0) is 62.0 Å². The van der Waals surface area contributed by atoms with Crippen molar-refractivity contribution >= 4 is 47.9 Å². The molecular weight excluding hydrogens is 422 g/mol. The van der Waals surface area contributed by atoms with E-state index >= 15 is 0 Å². The first-order valence-corrected chi connectivity index (χ1v) is 9.74. The van der Waals surface area contributed by atoms with E-state index in [1.165, 1.54) is 11.9 Å². The number of rotatable bonds is 1. The zero-order valence-electron chi connectivity index (χ0n) is 15.6. The number of alkyl halides is 1. The van der Waals surface area contributed by atoms with Crippen LogP contribution in [0.15, 0.2) is 24.5 Å². The summed E-state index contributed by atoms with van der Waals surface area (Å²) in [6.45, 7) is 4.96. The lowest BCUT2D eigenvalue weighted by molar-refractivity contribution is 0.326. The Hall–Kier alpha value is -1.14. The third-order valence-electron chi connectivity index (χ3n) is 6.34. The lowest BCUT2D eigenvalue weighted by atomic mass is 9.75. The van der Waals surface area contributed by atoms with Crippen LogP contribution in [0.1, 0.15) is 55.1 Å². The molecule has 1 N–H and O–H groups in total. The van der Waals surface area contributed by atoms with Crippen molar-refractivity contribution in [1.29, 1.82) is 0 Å². The smallest absolute Gasteiger partial charge is 0.143 e. The zero-order chi connectivity index (χ0) is 17.9. The van der Waals surface area contributed by atoms with Crippen molar-refractivity contribution in [2.45, 2.75) is 43.7 Å². The highest BCUT2D eigenvalue weighted by molar-refractivity contribution is 6.30. The Bertz CT molecular complexity index is 873. The Labute approximate surface area is 182 Å². The minimum absolute atomic E-state index is 0. The molecule has 0 amide bonds. The first-order chi connectivity index (χ1) is 12.6. The highest BCUT2D eigenvalue weighted by Crippen LogP contribution is 2.52. The standard InChI is InChI=1S/C20H22ClFN4.2ClH/c1-12-8-15(22)18-17(12)19(25-11-24-18)26-10-20(4-6-23-7-5-20)14-9-13(21)2-3-16(14)26;;/h2-3,9,11-12,15,23H,4-8,10H2,1H3;2*1H/t12-,15+;;/m1../s1. The quantitative estimate of drug-likeness (QED) is 0.650. The van der Waals surface area contributed by atoms with Crippen LogP contribution < -0.4 is 10.2 Å². The van der Waals surface area contributed by atoms with Gasteiger partial charge in [-0.25, -0.2) is 14.4 Å². The molecule has 0 bridgehead atoms. The van der Waals surface area contributed by atoms with Crippen molar-refractivity contribution in [3.63, 3.8) is 0 Å². The second-order valence-electron chi connectivity index (χ2n) is 7.88. The van der Waals surface area contributed by atoms with E-state index in [1.807, 2.05) is 6.07 Å².